The molecule has 0 bridgehead atoms. The van der Waals surface area contributed by atoms with Crippen LogP contribution in [0.3, 0.4) is 0 Å². The Labute approximate surface area is 172 Å². The van der Waals surface area contributed by atoms with E-state index in [9.17, 15) is 14.4 Å². The fourth-order valence-electron chi connectivity index (χ4n) is 4.23. The Morgan fingerprint density at radius 3 is 2.77 bits per heavy atom. The summed E-state index contributed by atoms with van der Waals surface area (Å²) in [5, 5.41) is 4.33. The van der Waals surface area contributed by atoms with Crippen LogP contribution in [-0.2, 0) is 16.1 Å². The van der Waals surface area contributed by atoms with Crippen molar-refractivity contribution in [3.05, 3.63) is 59.8 Å². The number of carbonyl (C=O) groups excluding carboxylic acids is 3. The number of hydrogen-bond donors (Lipinski definition) is 1. The number of pyridine rings is 1. The second kappa shape index (κ2) is 6.95. The van der Waals surface area contributed by atoms with Crippen LogP contribution in [0.25, 0.3) is 22.0 Å². The SMILES string of the molecule is COc1ccc2c(-c3ccc4c(c3)CN(C3CCC(=O)NC3=O)C4=O)nccc2c1. The number of imide groups is 1. The van der Waals surface area contributed by atoms with Crippen molar-refractivity contribution in [1.29, 1.82) is 0 Å². The molecule has 2 aromatic carbocycles. The van der Waals surface area contributed by atoms with Gasteiger partial charge in [-0.15, -0.1) is 0 Å². The molecule has 0 radical (unpaired) electrons. The van der Waals surface area contributed by atoms with Gasteiger partial charge in [0, 0.05) is 35.7 Å². The Morgan fingerprint density at radius 1 is 1.10 bits per heavy atom. The molecule has 1 unspecified atom stereocenters. The maximum Gasteiger partial charge on any atom is 0.255 e. The number of fused-ring (bicyclic) bond motifs is 2. The van der Waals surface area contributed by atoms with E-state index < -0.39 is 11.9 Å². The molecule has 150 valence electrons. The van der Waals surface area contributed by atoms with Crippen LogP contribution < -0.4 is 10.1 Å². The van der Waals surface area contributed by atoms with Gasteiger partial charge in [-0.05, 0) is 53.8 Å². The molecule has 3 aromatic rings. The monoisotopic (exact) mass is 401 g/mol. The molecule has 2 aliphatic heterocycles. The van der Waals surface area contributed by atoms with Crippen LogP contribution in [0.5, 0.6) is 5.75 Å². The van der Waals surface area contributed by atoms with Crippen LogP contribution in [-0.4, -0.2) is 40.8 Å². The van der Waals surface area contributed by atoms with Crippen molar-refractivity contribution < 1.29 is 19.1 Å². The molecule has 7 heteroatoms. The molecular formula is C23H19N3O4. The number of carbonyl (C=O) groups is 3. The summed E-state index contributed by atoms with van der Waals surface area (Å²) in [5.41, 5.74) is 3.17. The molecule has 3 heterocycles. The first-order chi connectivity index (χ1) is 14.5. The highest BCUT2D eigenvalue weighted by atomic mass is 16.5. The number of methoxy groups -OCH3 is 1. The highest BCUT2D eigenvalue weighted by Crippen LogP contribution is 2.33. The van der Waals surface area contributed by atoms with Gasteiger partial charge in [-0.2, -0.15) is 0 Å². The minimum Gasteiger partial charge on any atom is -0.497 e. The lowest BCUT2D eigenvalue weighted by atomic mass is 10.00. The fraction of sp³-hybridized carbons (Fsp3) is 0.217. The minimum absolute atomic E-state index is 0.179. The molecule has 2 aliphatic rings. The van der Waals surface area contributed by atoms with E-state index in [0.29, 0.717) is 18.5 Å². The molecule has 1 saturated heterocycles. The van der Waals surface area contributed by atoms with Crippen LogP contribution in [0.15, 0.2) is 48.7 Å². The first kappa shape index (κ1) is 18.3. The zero-order valence-corrected chi connectivity index (χ0v) is 16.3. The normalized spacial score (nSPS) is 18.5. The van der Waals surface area contributed by atoms with Gasteiger partial charge < -0.3 is 9.64 Å². The summed E-state index contributed by atoms with van der Waals surface area (Å²) in [7, 11) is 1.63. The van der Waals surface area contributed by atoms with Gasteiger partial charge in [0.2, 0.25) is 11.8 Å². The number of nitrogens with one attached hydrogen (secondary N) is 1. The third-order valence-corrected chi connectivity index (χ3v) is 5.77. The van der Waals surface area contributed by atoms with Crippen LogP contribution in [0.4, 0.5) is 0 Å². The van der Waals surface area contributed by atoms with E-state index in [0.717, 1.165) is 33.3 Å². The van der Waals surface area contributed by atoms with E-state index in [1.165, 1.54) is 0 Å². The maximum atomic E-state index is 12.9. The topological polar surface area (TPSA) is 88.6 Å². The number of rotatable bonds is 3. The smallest absolute Gasteiger partial charge is 0.255 e. The van der Waals surface area contributed by atoms with Gasteiger partial charge in [0.15, 0.2) is 0 Å². The van der Waals surface area contributed by atoms with Crippen LogP contribution >= 0.6 is 0 Å². The first-order valence-corrected chi connectivity index (χ1v) is 9.76. The molecule has 0 spiro atoms. The van der Waals surface area contributed by atoms with Crippen LogP contribution in [0, 0.1) is 0 Å². The average molecular weight is 401 g/mol. The summed E-state index contributed by atoms with van der Waals surface area (Å²) in [5.74, 6) is -0.0978. The highest BCUT2D eigenvalue weighted by molar-refractivity contribution is 6.06. The molecular weight excluding hydrogens is 382 g/mol. The number of amides is 3. The molecule has 0 aliphatic carbocycles. The summed E-state index contributed by atoms with van der Waals surface area (Å²) in [6.07, 6.45) is 2.35. The molecule has 1 fully saturated rings. The van der Waals surface area contributed by atoms with Crippen molar-refractivity contribution in [3.63, 3.8) is 0 Å². The van der Waals surface area contributed by atoms with E-state index in [1.807, 2.05) is 36.4 Å². The third kappa shape index (κ3) is 2.90. The van der Waals surface area contributed by atoms with Gasteiger partial charge >= 0.3 is 0 Å². The lowest BCUT2D eigenvalue weighted by Crippen LogP contribution is -2.52. The standard InChI is InChI=1S/C23H19N3O4/c1-30-16-3-5-17-13(11-16)8-9-24-21(17)14-2-4-18-15(10-14)12-26(23(18)29)19-6-7-20(27)25-22(19)28/h2-5,8-11,19H,6-7,12H2,1H3,(H,25,27,28). The third-order valence-electron chi connectivity index (χ3n) is 5.77. The fourth-order valence-corrected chi connectivity index (χ4v) is 4.23. The summed E-state index contributed by atoms with van der Waals surface area (Å²) in [4.78, 5) is 42.7. The van der Waals surface area contributed by atoms with E-state index in [1.54, 1.807) is 24.3 Å². The lowest BCUT2D eigenvalue weighted by Gasteiger charge is -2.29. The second-order valence-electron chi connectivity index (χ2n) is 7.52. The largest absolute Gasteiger partial charge is 0.497 e. The average Bonchev–Trinajstić information content (AvgIpc) is 3.08. The van der Waals surface area contributed by atoms with Crippen molar-refractivity contribution in [2.45, 2.75) is 25.4 Å². The number of hydrogen-bond acceptors (Lipinski definition) is 5. The molecule has 7 nitrogen and oxygen atoms in total. The summed E-state index contributed by atoms with van der Waals surface area (Å²) < 4.78 is 5.31. The summed E-state index contributed by atoms with van der Waals surface area (Å²) >= 11 is 0. The van der Waals surface area contributed by atoms with E-state index in [4.69, 9.17) is 4.74 Å². The van der Waals surface area contributed by atoms with Crippen molar-refractivity contribution in [1.82, 2.24) is 15.2 Å². The molecule has 3 amide bonds. The van der Waals surface area contributed by atoms with Crippen molar-refractivity contribution in [3.8, 4) is 17.0 Å². The van der Waals surface area contributed by atoms with Gasteiger partial charge in [-0.1, -0.05) is 6.07 Å². The minimum atomic E-state index is -0.616. The van der Waals surface area contributed by atoms with Gasteiger partial charge in [-0.25, -0.2) is 0 Å². The zero-order chi connectivity index (χ0) is 20.8. The van der Waals surface area contributed by atoms with Crippen LogP contribution in [0.2, 0.25) is 0 Å². The molecule has 5 rings (SSSR count). The lowest BCUT2D eigenvalue weighted by molar-refractivity contribution is -0.136. The first-order valence-electron chi connectivity index (χ1n) is 9.76. The molecule has 1 N–H and O–H groups in total. The van der Waals surface area contributed by atoms with Gasteiger partial charge in [0.1, 0.15) is 11.8 Å². The quantitative estimate of drug-likeness (QED) is 0.682. The number of nitrogens with zero attached hydrogens (tertiary/aromatic N) is 2. The highest BCUT2D eigenvalue weighted by Gasteiger charge is 2.39. The number of ether oxygens (including phenoxy) is 1. The molecule has 1 aromatic heterocycles. The van der Waals surface area contributed by atoms with Crippen LogP contribution in [0.1, 0.15) is 28.8 Å². The predicted octanol–water partition coefficient (Wildman–Crippen LogP) is 2.67. The van der Waals surface area contributed by atoms with E-state index in [2.05, 4.69) is 10.3 Å². The van der Waals surface area contributed by atoms with Gasteiger partial charge in [-0.3, -0.25) is 24.7 Å². The van der Waals surface area contributed by atoms with E-state index in [-0.39, 0.29) is 18.2 Å². The van der Waals surface area contributed by atoms with Crippen molar-refractivity contribution in [2.75, 3.05) is 7.11 Å². The Balaban J connectivity index is 1.50. The predicted molar refractivity (Wildman–Crippen MR) is 110 cm³/mol. The molecule has 0 saturated carbocycles. The van der Waals surface area contributed by atoms with Gasteiger partial charge in [0.25, 0.3) is 5.91 Å². The molecule has 1 atom stereocenters. The van der Waals surface area contributed by atoms with E-state index >= 15 is 0 Å². The van der Waals surface area contributed by atoms with Crippen molar-refractivity contribution in [2.24, 2.45) is 0 Å². The van der Waals surface area contributed by atoms with Crippen molar-refractivity contribution >= 4 is 28.5 Å². The molecule has 30 heavy (non-hydrogen) atoms. The number of aromatic nitrogens is 1. The Kier molecular flexibility index (Phi) is 4.24. The Bertz CT molecular complexity index is 1220. The summed E-state index contributed by atoms with van der Waals surface area (Å²) in [6, 6.07) is 12.8. The van der Waals surface area contributed by atoms with Gasteiger partial charge in [0.05, 0.1) is 12.8 Å². The number of piperidine rings is 1. The number of benzene rings is 2. The Hall–Kier alpha value is -3.74. The Morgan fingerprint density at radius 2 is 1.97 bits per heavy atom. The summed E-state index contributed by atoms with van der Waals surface area (Å²) in [6.45, 7) is 0.340. The zero-order valence-electron chi connectivity index (χ0n) is 16.3. The maximum absolute atomic E-state index is 12.9. The second-order valence-corrected chi connectivity index (χ2v) is 7.52.